The molecule has 0 saturated heterocycles. The lowest BCUT2D eigenvalue weighted by molar-refractivity contribution is 0.0941. The Kier molecular flexibility index (Phi) is 10.6. The Morgan fingerprint density at radius 3 is 2.06 bits per heavy atom. The molecule has 312 valence electrons. The molecule has 10 rings (SSSR count). The van der Waals surface area contributed by atoms with Crippen LogP contribution in [0.5, 0.6) is 17.2 Å². The number of hydrogen-bond donors (Lipinski definition) is 0. The number of aromatic nitrogens is 2. The Bertz CT molecular complexity index is 2880. The van der Waals surface area contributed by atoms with Crippen LogP contribution in [0.3, 0.4) is 0 Å². The lowest BCUT2D eigenvalue weighted by atomic mass is 9.86. The minimum Gasteiger partial charge on any atom is -0.497 e. The topological polar surface area (TPSA) is 88.8 Å². The van der Waals surface area contributed by atoms with E-state index in [1.807, 2.05) is 84.9 Å². The summed E-state index contributed by atoms with van der Waals surface area (Å²) in [7, 11) is 1.68. The van der Waals surface area contributed by atoms with E-state index in [2.05, 4.69) is 46.4 Å². The molecule has 0 spiro atoms. The van der Waals surface area contributed by atoms with Gasteiger partial charge in [-0.1, -0.05) is 79.7 Å². The summed E-state index contributed by atoms with van der Waals surface area (Å²) in [6, 6.07) is 38.3. The van der Waals surface area contributed by atoms with E-state index < -0.39 is 0 Å². The van der Waals surface area contributed by atoms with Gasteiger partial charge >= 0.3 is 0 Å². The minimum absolute atomic E-state index is 0.0491. The van der Waals surface area contributed by atoms with Crippen molar-refractivity contribution in [3.63, 3.8) is 0 Å². The summed E-state index contributed by atoms with van der Waals surface area (Å²) < 4.78 is 22.8. The molecular formula is C54H50N2O6. The molecule has 3 aliphatic rings. The Morgan fingerprint density at radius 2 is 1.24 bits per heavy atom. The number of benzene rings is 5. The molecule has 0 bridgehead atoms. The highest BCUT2D eigenvalue weighted by Gasteiger charge is 2.41. The van der Waals surface area contributed by atoms with Crippen molar-refractivity contribution < 1.29 is 28.6 Å². The predicted molar refractivity (Wildman–Crippen MR) is 242 cm³/mol. The van der Waals surface area contributed by atoms with Crippen LogP contribution in [0, 0.1) is 5.92 Å². The Balaban J connectivity index is 0.787. The molecule has 8 heteroatoms. The Morgan fingerprint density at radius 1 is 0.565 bits per heavy atom. The highest BCUT2D eigenvalue weighted by molar-refractivity contribution is 6.29. The smallest absolute Gasteiger partial charge is 0.196 e. The van der Waals surface area contributed by atoms with Gasteiger partial charge in [0.25, 0.3) is 0 Å². The minimum atomic E-state index is -0.0549. The maximum absolute atomic E-state index is 14.0. The first-order chi connectivity index (χ1) is 30.4. The number of unbranched alkanes of at least 4 members (excludes halogenated alkanes) is 3. The van der Waals surface area contributed by atoms with Crippen LogP contribution in [0.15, 0.2) is 115 Å². The number of ether oxygens (including phenoxy) is 3. The van der Waals surface area contributed by atoms with Gasteiger partial charge in [-0.25, -0.2) is 0 Å². The highest BCUT2D eigenvalue weighted by Crippen LogP contribution is 2.47. The molecule has 2 heterocycles. The maximum Gasteiger partial charge on any atom is 0.196 e. The van der Waals surface area contributed by atoms with Gasteiger partial charge in [-0.05, 0) is 104 Å². The van der Waals surface area contributed by atoms with E-state index in [1.54, 1.807) is 7.11 Å². The van der Waals surface area contributed by atoms with Crippen LogP contribution in [0.2, 0.25) is 0 Å². The summed E-state index contributed by atoms with van der Waals surface area (Å²) in [4.78, 5) is 41.3. The molecule has 0 amide bonds. The zero-order valence-electron chi connectivity index (χ0n) is 35.4. The summed E-state index contributed by atoms with van der Waals surface area (Å²) in [6.07, 6.45) is 6.56. The summed E-state index contributed by atoms with van der Waals surface area (Å²) in [6.45, 7) is 4.63. The fourth-order valence-electron chi connectivity index (χ4n) is 10.0. The lowest BCUT2D eigenvalue weighted by Crippen LogP contribution is -2.21. The monoisotopic (exact) mass is 822 g/mol. The molecule has 0 fully saturated rings. The number of methoxy groups -OCH3 is 1. The number of rotatable bonds is 16. The third kappa shape index (κ3) is 7.01. The number of carbonyl (C=O) groups is 3. The van der Waals surface area contributed by atoms with Crippen molar-refractivity contribution in [1.29, 1.82) is 0 Å². The van der Waals surface area contributed by atoms with Gasteiger partial charge in [-0.2, -0.15) is 0 Å². The van der Waals surface area contributed by atoms with E-state index in [-0.39, 0.29) is 23.3 Å². The molecule has 5 aromatic carbocycles. The lowest BCUT2D eigenvalue weighted by Gasteiger charge is -2.22. The summed E-state index contributed by atoms with van der Waals surface area (Å²) in [5.74, 6) is 2.62. The van der Waals surface area contributed by atoms with E-state index in [1.165, 1.54) is 11.1 Å². The van der Waals surface area contributed by atoms with Gasteiger partial charge in [0.15, 0.2) is 17.3 Å². The number of carbonyl (C=O) groups excluding carboxylic acids is 3. The quantitative estimate of drug-likeness (QED) is 0.0902. The van der Waals surface area contributed by atoms with Gasteiger partial charge in [0.05, 0.1) is 59.3 Å². The number of fused-ring (bicyclic) bond motifs is 10. The molecule has 0 radical (unpaired) electrons. The second-order valence-electron chi connectivity index (χ2n) is 17.0. The first-order valence-corrected chi connectivity index (χ1v) is 22.1. The van der Waals surface area contributed by atoms with Crippen LogP contribution >= 0.6 is 0 Å². The van der Waals surface area contributed by atoms with Crippen LogP contribution < -0.4 is 14.2 Å². The number of nitrogens with zero attached hydrogens (tertiary/aromatic N) is 2. The van der Waals surface area contributed by atoms with Crippen molar-refractivity contribution in [1.82, 2.24) is 9.13 Å². The number of Topliss-reactive ketones (excluding diaryl/α,β-unsaturated/α-hetero) is 1. The predicted octanol–water partition coefficient (Wildman–Crippen LogP) is 11.1. The zero-order valence-corrected chi connectivity index (χ0v) is 35.4. The van der Waals surface area contributed by atoms with E-state index in [9.17, 15) is 14.4 Å². The van der Waals surface area contributed by atoms with Crippen LogP contribution in [-0.4, -0.2) is 46.8 Å². The molecule has 0 aliphatic heterocycles. The number of ketones is 3. The van der Waals surface area contributed by atoms with E-state index in [4.69, 9.17) is 14.2 Å². The molecule has 62 heavy (non-hydrogen) atoms. The van der Waals surface area contributed by atoms with Crippen molar-refractivity contribution in [2.45, 2.75) is 71.4 Å². The van der Waals surface area contributed by atoms with Crippen LogP contribution in [0.25, 0.3) is 33.4 Å². The van der Waals surface area contributed by atoms with E-state index >= 15 is 0 Å². The maximum atomic E-state index is 14.0. The van der Waals surface area contributed by atoms with Crippen molar-refractivity contribution >= 4 is 28.3 Å². The van der Waals surface area contributed by atoms with Crippen molar-refractivity contribution in [3.05, 3.63) is 160 Å². The van der Waals surface area contributed by atoms with E-state index in [0.717, 1.165) is 112 Å². The van der Waals surface area contributed by atoms with Gasteiger partial charge < -0.3 is 23.3 Å². The van der Waals surface area contributed by atoms with Crippen molar-refractivity contribution in [2.24, 2.45) is 5.92 Å². The van der Waals surface area contributed by atoms with Crippen molar-refractivity contribution in [3.8, 4) is 39.8 Å². The third-order valence-electron chi connectivity index (χ3n) is 12.9. The van der Waals surface area contributed by atoms with Gasteiger partial charge in [0.2, 0.25) is 0 Å². The standard InChI is InChI=1S/C54H50N2O6/c1-34-30-44-47(45(57)31-34)49-52(56(44)26-24-35-14-6-5-7-15-35)42-33-38(22-23-41(42)54(49)59)61-28-10-3-4-11-29-62-46-21-13-20-43-48(46)50-51(39-18-8-9-19-40(39)53(50)58)55(43)27-25-36-16-12-17-37(32-36)60-2/h5-9,12-23,32-34H,3-4,10-11,24-31H2,1-2H3. The molecule has 3 aliphatic carbocycles. The first kappa shape index (κ1) is 39.5. The highest BCUT2D eigenvalue weighted by atomic mass is 16.5. The molecule has 8 nitrogen and oxygen atoms in total. The van der Waals surface area contributed by atoms with Crippen LogP contribution in [-0.2, 0) is 32.4 Å². The summed E-state index contributed by atoms with van der Waals surface area (Å²) in [5, 5.41) is 0.885. The van der Waals surface area contributed by atoms with Crippen molar-refractivity contribution in [2.75, 3.05) is 20.3 Å². The molecule has 7 aromatic rings. The molecule has 1 atom stereocenters. The average molecular weight is 823 g/mol. The molecule has 0 N–H and O–H groups in total. The van der Waals surface area contributed by atoms with Gasteiger partial charge in [-0.15, -0.1) is 0 Å². The largest absolute Gasteiger partial charge is 0.497 e. The van der Waals surface area contributed by atoms with Gasteiger partial charge in [-0.3, -0.25) is 14.4 Å². The SMILES string of the molecule is COc1cccc(CCn2c3c(c4c(OCCCCCCOc5ccc6c(c5)-c5c(c7c(n5CCc5ccccc5)CC(C)CC7=O)C6=O)cccc42)C(=O)c2ccccc2-3)c1. The second kappa shape index (κ2) is 16.7. The molecule has 0 saturated carbocycles. The summed E-state index contributed by atoms with van der Waals surface area (Å²) in [5.41, 5.74) is 11.4. The zero-order chi connectivity index (χ0) is 42.3. The van der Waals surface area contributed by atoms with E-state index in [0.29, 0.717) is 49.4 Å². The fourth-order valence-corrected chi connectivity index (χ4v) is 10.0. The average Bonchev–Trinajstić information content (AvgIpc) is 3.98. The fraction of sp³-hybridized carbons (Fsp3) is 0.278. The molecular weight excluding hydrogens is 773 g/mol. The first-order valence-electron chi connectivity index (χ1n) is 22.1. The Hall–Kier alpha value is -6.67. The molecule has 2 aromatic heterocycles. The second-order valence-corrected chi connectivity index (χ2v) is 17.0. The molecule has 1 unspecified atom stereocenters. The van der Waals surface area contributed by atoms with Crippen LogP contribution in [0.4, 0.5) is 0 Å². The number of hydrogen-bond acceptors (Lipinski definition) is 6. The van der Waals surface area contributed by atoms with Gasteiger partial charge in [0.1, 0.15) is 17.2 Å². The van der Waals surface area contributed by atoms with Crippen LogP contribution in [0.1, 0.15) is 98.0 Å². The number of aryl methyl sites for hydroxylation is 3. The third-order valence-corrected chi connectivity index (χ3v) is 12.9. The summed E-state index contributed by atoms with van der Waals surface area (Å²) >= 11 is 0. The Labute approximate surface area is 362 Å². The normalized spacial score (nSPS) is 14.7. The van der Waals surface area contributed by atoms with Gasteiger partial charge in [0, 0.05) is 47.5 Å².